The zero-order chi connectivity index (χ0) is 13.5. The number of rotatable bonds is 2. The first-order valence-electron chi connectivity index (χ1n) is 5.83. The first-order valence-corrected chi connectivity index (χ1v) is 5.83. The summed E-state index contributed by atoms with van der Waals surface area (Å²) >= 11 is 0. The molecule has 0 aromatic rings. The average molecular weight is 240 g/mol. The number of carbonyl (C=O) groups is 3. The molecule has 96 valence electrons. The van der Waals surface area contributed by atoms with Gasteiger partial charge in [0.15, 0.2) is 0 Å². The molecule has 0 atom stereocenters. The normalized spacial score (nSPS) is 20.8. The van der Waals surface area contributed by atoms with E-state index in [0.717, 1.165) is 0 Å². The largest absolute Gasteiger partial charge is 0.333 e. The van der Waals surface area contributed by atoms with Crippen LogP contribution in [0.5, 0.6) is 0 Å². The Balaban J connectivity index is 3.27. The summed E-state index contributed by atoms with van der Waals surface area (Å²) in [6.45, 7) is 10.2. The summed E-state index contributed by atoms with van der Waals surface area (Å²) in [5, 5.41) is 0. The number of hydrogen-bond donors (Lipinski definition) is 0. The molecule has 4 amide bonds. The molecule has 0 bridgehead atoms. The van der Waals surface area contributed by atoms with Crippen molar-refractivity contribution in [2.45, 2.75) is 53.6 Å². The first kappa shape index (κ1) is 13.7. The van der Waals surface area contributed by atoms with Crippen molar-refractivity contribution in [3.8, 4) is 0 Å². The molecular formula is C12H20N2O3. The van der Waals surface area contributed by atoms with Crippen LogP contribution in [0.4, 0.5) is 4.79 Å². The first-order chi connectivity index (χ1) is 7.62. The van der Waals surface area contributed by atoms with Gasteiger partial charge in [-0.05, 0) is 41.5 Å². The number of carbonyl (C=O) groups excluding carboxylic acids is 3. The van der Waals surface area contributed by atoms with Gasteiger partial charge in [0.05, 0.1) is 0 Å². The molecule has 1 heterocycles. The molecule has 0 aliphatic carbocycles. The molecule has 0 N–H and O–H groups in total. The lowest BCUT2D eigenvalue weighted by Gasteiger charge is -2.43. The van der Waals surface area contributed by atoms with Crippen LogP contribution in [-0.4, -0.2) is 39.7 Å². The smallest absolute Gasteiger partial charge is 0.273 e. The Bertz CT molecular complexity index is 340. The summed E-state index contributed by atoms with van der Waals surface area (Å²) in [7, 11) is 0. The third-order valence-electron chi connectivity index (χ3n) is 2.95. The van der Waals surface area contributed by atoms with Gasteiger partial charge in [-0.15, -0.1) is 0 Å². The van der Waals surface area contributed by atoms with Crippen LogP contribution >= 0.6 is 0 Å². The molecule has 0 spiro atoms. The van der Waals surface area contributed by atoms with E-state index in [-0.39, 0.29) is 12.1 Å². The van der Waals surface area contributed by atoms with Gasteiger partial charge in [0.2, 0.25) is 11.8 Å². The van der Waals surface area contributed by atoms with Crippen molar-refractivity contribution in [2.75, 3.05) is 0 Å². The zero-order valence-electron chi connectivity index (χ0n) is 11.3. The Hall–Kier alpha value is -1.39. The van der Waals surface area contributed by atoms with Crippen molar-refractivity contribution in [3.05, 3.63) is 0 Å². The summed E-state index contributed by atoms with van der Waals surface area (Å²) in [5.41, 5.74) is -1.16. The minimum absolute atomic E-state index is 0.247. The van der Waals surface area contributed by atoms with Crippen LogP contribution in [0.3, 0.4) is 0 Å². The highest BCUT2D eigenvalue weighted by molar-refractivity contribution is 6.18. The standard InChI is InChI=1S/C12H20N2O3/c1-7(2)13-9(15)12(5,6)10(16)14(8(3)4)11(13)17/h7-8H,1-6H3. The maximum absolute atomic E-state index is 12.1. The molecule has 0 unspecified atom stereocenters. The highest BCUT2D eigenvalue weighted by Crippen LogP contribution is 2.30. The second kappa shape index (κ2) is 4.13. The zero-order valence-corrected chi connectivity index (χ0v) is 11.3. The lowest BCUT2D eigenvalue weighted by molar-refractivity contribution is -0.158. The van der Waals surface area contributed by atoms with Crippen LogP contribution in [0.1, 0.15) is 41.5 Å². The number of hydrogen-bond acceptors (Lipinski definition) is 3. The summed E-state index contributed by atoms with van der Waals surface area (Å²) in [5.74, 6) is -0.834. The van der Waals surface area contributed by atoms with Gasteiger partial charge in [-0.25, -0.2) is 4.79 Å². The predicted molar refractivity (Wildman–Crippen MR) is 63.1 cm³/mol. The SMILES string of the molecule is CC(C)N1C(=O)N(C(C)C)C(=O)C(C)(C)C1=O. The molecule has 17 heavy (non-hydrogen) atoms. The highest BCUT2D eigenvalue weighted by Gasteiger charge is 2.52. The fourth-order valence-corrected chi connectivity index (χ4v) is 1.89. The maximum atomic E-state index is 12.1. The minimum atomic E-state index is -1.16. The van der Waals surface area contributed by atoms with Crippen molar-refractivity contribution in [1.29, 1.82) is 0 Å². The fourth-order valence-electron chi connectivity index (χ4n) is 1.89. The summed E-state index contributed by atoms with van der Waals surface area (Å²) in [4.78, 5) is 38.7. The third-order valence-corrected chi connectivity index (χ3v) is 2.95. The van der Waals surface area contributed by atoms with Gasteiger partial charge >= 0.3 is 6.03 Å². The quantitative estimate of drug-likeness (QED) is 0.689. The van der Waals surface area contributed by atoms with Gasteiger partial charge in [-0.2, -0.15) is 0 Å². The Morgan fingerprint density at radius 3 is 1.35 bits per heavy atom. The monoisotopic (exact) mass is 240 g/mol. The third kappa shape index (κ3) is 1.94. The molecular weight excluding hydrogens is 220 g/mol. The molecule has 5 nitrogen and oxygen atoms in total. The van der Waals surface area contributed by atoms with Crippen LogP contribution in [0.15, 0.2) is 0 Å². The number of imide groups is 2. The van der Waals surface area contributed by atoms with Crippen molar-refractivity contribution >= 4 is 17.8 Å². The van der Waals surface area contributed by atoms with Gasteiger partial charge in [-0.1, -0.05) is 0 Å². The van der Waals surface area contributed by atoms with Gasteiger partial charge in [0, 0.05) is 12.1 Å². The van der Waals surface area contributed by atoms with Crippen LogP contribution in [0, 0.1) is 5.41 Å². The number of urea groups is 1. The van der Waals surface area contributed by atoms with E-state index in [1.54, 1.807) is 41.5 Å². The second-order valence-corrected chi connectivity index (χ2v) is 5.45. The topological polar surface area (TPSA) is 57.7 Å². The molecule has 1 fully saturated rings. The van der Waals surface area contributed by atoms with Crippen molar-refractivity contribution in [3.63, 3.8) is 0 Å². The van der Waals surface area contributed by atoms with E-state index in [1.165, 1.54) is 9.80 Å². The number of nitrogens with zero attached hydrogens (tertiary/aromatic N) is 2. The molecule has 1 saturated heterocycles. The van der Waals surface area contributed by atoms with E-state index in [1.807, 2.05) is 0 Å². The molecule has 1 aliphatic heterocycles. The van der Waals surface area contributed by atoms with E-state index >= 15 is 0 Å². The highest BCUT2D eigenvalue weighted by atomic mass is 16.2. The lowest BCUT2D eigenvalue weighted by atomic mass is 9.86. The second-order valence-electron chi connectivity index (χ2n) is 5.45. The molecule has 0 aromatic heterocycles. The van der Waals surface area contributed by atoms with E-state index in [4.69, 9.17) is 0 Å². The van der Waals surface area contributed by atoms with E-state index in [2.05, 4.69) is 0 Å². The van der Waals surface area contributed by atoms with E-state index in [0.29, 0.717) is 0 Å². The molecule has 0 radical (unpaired) electrons. The molecule has 1 aliphatic rings. The van der Waals surface area contributed by atoms with E-state index < -0.39 is 23.3 Å². The van der Waals surface area contributed by atoms with Gasteiger partial charge in [0.25, 0.3) is 0 Å². The molecule has 0 saturated carbocycles. The molecule has 1 rings (SSSR count). The predicted octanol–water partition coefficient (Wildman–Crippen LogP) is 1.62. The summed E-state index contributed by atoms with van der Waals surface area (Å²) in [6, 6.07) is -1.00. The molecule has 5 heteroatoms. The molecule has 0 aromatic carbocycles. The number of amides is 4. The van der Waals surface area contributed by atoms with E-state index in [9.17, 15) is 14.4 Å². The van der Waals surface area contributed by atoms with Crippen LogP contribution < -0.4 is 0 Å². The summed E-state index contributed by atoms with van der Waals surface area (Å²) < 4.78 is 0. The fraction of sp³-hybridized carbons (Fsp3) is 0.750. The Labute approximate surface area is 102 Å². The van der Waals surface area contributed by atoms with Gasteiger partial charge in [-0.3, -0.25) is 19.4 Å². The van der Waals surface area contributed by atoms with Crippen molar-refractivity contribution in [2.24, 2.45) is 5.41 Å². The minimum Gasteiger partial charge on any atom is -0.273 e. The van der Waals surface area contributed by atoms with Crippen LogP contribution in [-0.2, 0) is 9.59 Å². The van der Waals surface area contributed by atoms with Crippen molar-refractivity contribution < 1.29 is 14.4 Å². The van der Waals surface area contributed by atoms with Crippen molar-refractivity contribution in [1.82, 2.24) is 9.80 Å². The number of barbiturate groups is 1. The Morgan fingerprint density at radius 2 is 1.12 bits per heavy atom. The summed E-state index contributed by atoms with van der Waals surface area (Å²) in [6.07, 6.45) is 0. The maximum Gasteiger partial charge on any atom is 0.333 e. The van der Waals surface area contributed by atoms with Crippen LogP contribution in [0.25, 0.3) is 0 Å². The lowest BCUT2D eigenvalue weighted by Crippen LogP contribution is -2.66. The average Bonchev–Trinajstić information content (AvgIpc) is 2.14. The Kier molecular flexibility index (Phi) is 3.32. The van der Waals surface area contributed by atoms with Gasteiger partial charge in [0.1, 0.15) is 5.41 Å². The van der Waals surface area contributed by atoms with Gasteiger partial charge < -0.3 is 0 Å². The van der Waals surface area contributed by atoms with Crippen LogP contribution in [0.2, 0.25) is 0 Å². The Morgan fingerprint density at radius 1 is 0.824 bits per heavy atom.